The van der Waals surface area contributed by atoms with Crippen LogP contribution in [0.25, 0.3) is 0 Å². The van der Waals surface area contributed by atoms with Gasteiger partial charge in [-0.3, -0.25) is 0 Å². The van der Waals surface area contributed by atoms with Crippen LogP contribution in [0.2, 0.25) is 0 Å². The van der Waals surface area contributed by atoms with Gasteiger partial charge in [-0.05, 0) is 30.7 Å². The minimum absolute atomic E-state index is 0.0274. The minimum atomic E-state index is -3.83. The third-order valence-electron chi connectivity index (χ3n) is 4.22. The van der Waals surface area contributed by atoms with Crippen LogP contribution in [-0.4, -0.2) is 45.0 Å². The molecule has 0 aliphatic carbocycles. The van der Waals surface area contributed by atoms with Crippen LogP contribution < -0.4 is 0 Å². The third-order valence-corrected chi connectivity index (χ3v) is 6.11. The first kappa shape index (κ1) is 19.5. The molecule has 0 unspecified atom stereocenters. The van der Waals surface area contributed by atoms with Gasteiger partial charge in [0.1, 0.15) is 12.4 Å². The van der Waals surface area contributed by atoms with E-state index in [1.165, 1.54) is 4.31 Å². The van der Waals surface area contributed by atoms with Crippen molar-refractivity contribution in [2.24, 2.45) is 0 Å². The molecule has 27 heavy (non-hydrogen) atoms. The van der Waals surface area contributed by atoms with E-state index in [-0.39, 0.29) is 24.6 Å². The summed E-state index contributed by atoms with van der Waals surface area (Å²) >= 11 is 0. The van der Waals surface area contributed by atoms with Crippen molar-refractivity contribution in [3.63, 3.8) is 0 Å². The molecule has 1 aliphatic heterocycles. The Balaban J connectivity index is 1.79. The molecule has 0 bridgehead atoms. The van der Waals surface area contributed by atoms with Gasteiger partial charge in [-0.15, -0.1) is 0 Å². The summed E-state index contributed by atoms with van der Waals surface area (Å²) in [6, 6.07) is 10.5. The van der Waals surface area contributed by atoms with Crippen LogP contribution in [0.3, 0.4) is 0 Å². The van der Waals surface area contributed by atoms with Gasteiger partial charge in [-0.1, -0.05) is 29.8 Å². The van der Waals surface area contributed by atoms with Gasteiger partial charge in [0, 0.05) is 13.1 Å². The van der Waals surface area contributed by atoms with Crippen molar-refractivity contribution in [2.75, 3.05) is 26.3 Å². The summed E-state index contributed by atoms with van der Waals surface area (Å²) in [6.07, 6.45) is 0. The second-order valence-corrected chi connectivity index (χ2v) is 8.16. The summed E-state index contributed by atoms with van der Waals surface area (Å²) in [7, 11) is -3.83. The highest BCUT2D eigenvalue weighted by molar-refractivity contribution is 7.89. The number of carbonyl (C=O) groups excluding carboxylic acids is 1. The maximum atomic E-state index is 14.1. The fourth-order valence-corrected chi connectivity index (χ4v) is 4.22. The standard InChI is InChI=1S/C19H20FNO5S/c1-14-3-2-4-15(11-14)13-26-19(22)17-12-16(5-6-18(17)20)27(23,24)21-7-9-25-10-8-21/h2-6,11-12H,7-10,13H2,1H3. The van der Waals surface area contributed by atoms with Crippen molar-refractivity contribution < 1.29 is 27.1 Å². The SMILES string of the molecule is Cc1cccc(COC(=O)c2cc(S(=O)(=O)N3CCOCC3)ccc2F)c1. The van der Waals surface area contributed by atoms with E-state index in [1.807, 2.05) is 25.1 Å². The number of nitrogens with zero attached hydrogens (tertiary/aromatic N) is 1. The summed E-state index contributed by atoms with van der Waals surface area (Å²) < 4.78 is 51.0. The van der Waals surface area contributed by atoms with Gasteiger partial charge in [0.15, 0.2) is 0 Å². The summed E-state index contributed by atoms with van der Waals surface area (Å²) in [6.45, 7) is 2.91. The molecule has 0 aromatic heterocycles. The average molecular weight is 393 g/mol. The zero-order chi connectivity index (χ0) is 19.4. The molecule has 0 saturated carbocycles. The van der Waals surface area contributed by atoms with E-state index in [4.69, 9.17) is 9.47 Å². The van der Waals surface area contributed by atoms with Crippen molar-refractivity contribution in [3.05, 3.63) is 65.0 Å². The maximum Gasteiger partial charge on any atom is 0.341 e. The highest BCUT2D eigenvalue weighted by Crippen LogP contribution is 2.21. The van der Waals surface area contributed by atoms with E-state index in [0.717, 1.165) is 29.3 Å². The Morgan fingerprint density at radius 3 is 2.63 bits per heavy atom. The smallest absolute Gasteiger partial charge is 0.341 e. The molecule has 0 radical (unpaired) electrons. The predicted molar refractivity (Wildman–Crippen MR) is 96.3 cm³/mol. The van der Waals surface area contributed by atoms with Gasteiger partial charge in [0.05, 0.1) is 23.7 Å². The maximum absolute atomic E-state index is 14.1. The molecule has 3 rings (SSSR count). The molecule has 2 aromatic carbocycles. The van der Waals surface area contributed by atoms with E-state index in [2.05, 4.69) is 0 Å². The Kier molecular flexibility index (Phi) is 5.88. The van der Waals surface area contributed by atoms with Crippen molar-refractivity contribution in [3.8, 4) is 0 Å². The first-order valence-corrected chi connectivity index (χ1v) is 9.92. The highest BCUT2D eigenvalue weighted by Gasteiger charge is 2.28. The summed E-state index contributed by atoms with van der Waals surface area (Å²) in [5.74, 6) is -1.74. The number of rotatable bonds is 5. The largest absolute Gasteiger partial charge is 0.457 e. The van der Waals surface area contributed by atoms with Crippen LogP contribution in [0.4, 0.5) is 4.39 Å². The molecule has 1 fully saturated rings. The van der Waals surface area contributed by atoms with Crippen LogP contribution in [0.5, 0.6) is 0 Å². The van der Waals surface area contributed by atoms with Crippen LogP contribution in [-0.2, 0) is 26.1 Å². The fourth-order valence-electron chi connectivity index (χ4n) is 2.79. The number of carbonyl (C=O) groups is 1. The summed E-state index contributed by atoms with van der Waals surface area (Å²) in [5.41, 5.74) is 1.37. The predicted octanol–water partition coefficient (Wildman–Crippen LogP) is 2.51. The topological polar surface area (TPSA) is 72.9 Å². The van der Waals surface area contributed by atoms with E-state index in [1.54, 1.807) is 6.07 Å². The van der Waals surface area contributed by atoms with E-state index < -0.39 is 27.4 Å². The first-order chi connectivity index (χ1) is 12.9. The number of ether oxygens (including phenoxy) is 2. The second kappa shape index (κ2) is 8.16. The van der Waals surface area contributed by atoms with Gasteiger partial charge >= 0.3 is 5.97 Å². The van der Waals surface area contributed by atoms with Crippen molar-refractivity contribution in [1.82, 2.24) is 4.31 Å². The number of esters is 1. The third kappa shape index (κ3) is 4.52. The zero-order valence-electron chi connectivity index (χ0n) is 14.9. The Morgan fingerprint density at radius 1 is 1.19 bits per heavy atom. The van der Waals surface area contributed by atoms with E-state index in [0.29, 0.717) is 13.2 Å². The molecule has 2 aromatic rings. The Hall–Kier alpha value is -2.29. The summed E-state index contributed by atoms with van der Waals surface area (Å²) in [5, 5.41) is 0. The van der Waals surface area contributed by atoms with Crippen molar-refractivity contribution in [2.45, 2.75) is 18.4 Å². The lowest BCUT2D eigenvalue weighted by molar-refractivity contribution is 0.0467. The van der Waals surface area contributed by atoms with Crippen LogP contribution in [0.15, 0.2) is 47.4 Å². The molecule has 0 atom stereocenters. The molecule has 0 spiro atoms. The van der Waals surface area contributed by atoms with Gasteiger partial charge in [0.25, 0.3) is 0 Å². The van der Waals surface area contributed by atoms with E-state index in [9.17, 15) is 17.6 Å². The molecule has 144 valence electrons. The Bertz CT molecular complexity index is 939. The molecule has 1 aliphatic rings. The van der Waals surface area contributed by atoms with Gasteiger partial charge in [-0.2, -0.15) is 4.31 Å². The minimum Gasteiger partial charge on any atom is -0.457 e. The van der Waals surface area contributed by atoms with E-state index >= 15 is 0 Å². The Labute approximate surface area is 157 Å². The molecule has 8 heteroatoms. The number of hydrogen-bond donors (Lipinski definition) is 0. The number of morpholine rings is 1. The van der Waals surface area contributed by atoms with Gasteiger partial charge in [-0.25, -0.2) is 17.6 Å². The molecule has 0 N–H and O–H groups in total. The number of benzene rings is 2. The lowest BCUT2D eigenvalue weighted by atomic mass is 10.1. The monoisotopic (exact) mass is 393 g/mol. The summed E-state index contributed by atoms with van der Waals surface area (Å²) in [4.78, 5) is 12.1. The van der Waals surface area contributed by atoms with Crippen LogP contribution >= 0.6 is 0 Å². The average Bonchev–Trinajstić information content (AvgIpc) is 2.67. The lowest BCUT2D eigenvalue weighted by Crippen LogP contribution is -2.40. The fraction of sp³-hybridized carbons (Fsp3) is 0.316. The highest BCUT2D eigenvalue weighted by atomic mass is 32.2. The normalized spacial score (nSPS) is 15.5. The first-order valence-electron chi connectivity index (χ1n) is 8.48. The molecular formula is C19H20FNO5S. The van der Waals surface area contributed by atoms with Crippen molar-refractivity contribution >= 4 is 16.0 Å². The molecule has 1 saturated heterocycles. The molecule has 6 nitrogen and oxygen atoms in total. The Morgan fingerprint density at radius 2 is 1.93 bits per heavy atom. The second-order valence-electron chi connectivity index (χ2n) is 6.22. The molecular weight excluding hydrogens is 373 g/mol. The number of aryl methyl sites for hydroxylation is 1. The zero-order valence-corrected chi connectivity index (χ0v) is 15.7. The van der Waals surface area contributed by atoms with Crippen LogP contribution in [0, 0.1) is 12.7 Å². The van der Waals surface area contributed by atoms with Crippen molar-refractivity contribution in [1.29, 1.82) is 0 Å². The van der Waals surface area contributed by atoms with Gasteiger partial charge < -0.3 is 9.47 Å². The van der Waals surface area contributed by atoms with Crippen LogP contribution in [0.1, 0.15) is 21.5 Å². The quantitative estimate of drug-likeness (QED) is 0.730. The van der Waals surface area contributed by atoms with Gasteiger partial charge in [0.2, 0.25) is 10.0 Å². The number of hydrogen-bond acceptors (Lipinski definition) is 5. The lowest BCUT2D eigenvalue weighted by Gasteiger charge is -2.26. The number of sulfonamides is 1. The molecule has 0 amide bonds. The number of halogens is 1. The molecule has 1 heterocycles.